The first-order valence-corrected chi connectivity index (χ1v) is 10.6. The lowest BCUT2D eigenvalue weighted by atomic mass is 9.51. The Kier molecular flexibility index (Phi) is 5.25. The van der Waals surface area contributed by atoms with E-state index in [-0.39, 0.29) is 0 Å². The maximum atomic E-state index is 2.65. The zero-order valence-corrected chi connectivity index (χ0v) is 15.7. The number of fused-ring (bicyclic) bond motifs is 1. The van der Waals surface area contributed by atoms with Crippen LogP contribution < -0.4 is 0 Å². The number of rotatable bonds is 2. The molecule has 0 radical (unpaired) electrons. The van der Waals surface area contributed by atoms with Crippen LogP contribution in [0.5, 0.6) is 0 Å². The normalized spacial score (nSPS) is 47.7. The van der Waals surface area contributed by atoms with E-state index in [9.17, 15) is 0 Å². The summed E-state index contributed by atoms with van der Waals surface area (Å²) < 4.78 is 0. The monoisotopic (exact) mass is 304 g/mol. The fourth-order valence-electron chi connectivity index (χ4n) is 7.44. The van der Waals surface area contributed by atoms with E-state index in [2.05, 4.69) is 27.7 Å². The topological polar surface area (TPSA) is 0 Å². The van der Waals surface area contributed by atoms with Crippen molar-refractivity contribution in [2.75, 3.05) is 0 Å². The third-order valence-corrected chi connectivity index (χ3v) is 8.74. The van der Waals surface area contributed by atoms with Crippen LogP contribution in [-0.2, 0) is 0 Å². The molecule has 0 N–H and O–H groups in total. The Morgan fingerprint density at radius 3 is 1.91 bits per heavy atom. The third kappa shape index (κ3) is 2.78. The molecule has 0 amide bonds. The van der Waals surface area contributed by atoms with Gasteiger partial charge in [0, 0.05) is 0 Å². The lowest BCUT2D eigenvalue weighted by Crippen LogP contribution is -2.47. The van der Waals surface area contributed by atoms with Gasteiger partial charge in [0.15, 0.2) is 0 Å². The lowest BCUT2D eigenvalue weighted by molar-refractivity contribution is -0.0531. The van der Waals surface area contributed by atoms with Crippen molar-refractivity contribution in [3.05, 3.63) is 0 Å². The number of hydrogen-bond donors (Lipinski definition) is 0. The Balaban J connectivity index is 1.90. The highest BCUT2D eigenvalue weighted by Gasteiger charge is 2.50. The second-order valence-electron chi connectivity index (χ2n) is 9.39. The summed E-state index contributed by atoms with van der Waals surface area (Å²) in [4.78, 5) is 0. The minimum Gasteiger partial charge on any atom is -0.0648 e. The molecule has 0 aromatic rings. The number of hydrogen-bond acceptors (Lipinski definition) is 0. The second kappa shape index (κ2) is 6.86. The SMILES string of the molecule is CCC1(C2CCCC2)C(C)CC2CCCCC2CC(C)C1C. The summed E-state index contributed by atoms with van der Waals surface area (Å²) in [6.07, 6.45) is 16.7. The second-order valence-corrected chi connectivity index (χ2v) is 9.39. The Bertz CT molecular complexity index is 353. The molecule has 0 aromatic carbocycles. The van der Waals surface area contributed by atoms with Crippen LogP contribution >= 0.6 is 0 Å². The maximum Gasteiger partial charge on any atom is -0.0218 e. The minimum absolute atomic E-state index is 0.651. The molecule has 22 heavy (non-hydrogen) atoms. The van der Waals surface area contributed by atoms with E-state index in [0.29, 0.717) is 5.41 Å². The largest absolute Gasteiger partial charge is 0.0648 e. The Labute approximate surface area is 139 Å². The maximum absolute atomic E-state index is 2.65. The zero-order valence-electron chi connectivity index (χ0n) is 15.7. The van der Waals surface area contributed by atoms with Gasteiger partial charge in [0.1, 0.15) is 0 Å². The molecular formula is C22H40. The molecule has 0 aliphatic heterocycles. The molecule has 6 unspecified atom stereocenters. The summed E-state index contributed by atoms with van der Waals surface area (Å²) in [5.41, 5.74) is 0.651. The molecule has 0 aromatic heterocycles. The summed E-state index contributed by atoms with van der Waals surface area (Å²) in [6, 6.07) is 0. The molecule has 128 valence electrons. The standard InChI is InChI=1S/C22H40/c1-5-22(21-12-8-9-13-21)17(3)15-20-11-7-6-10-19(20)14-16(2)18(22)4/h16-21H,5-15H2,1-4H3. The van der Waals surface area contributed by atoms with Crippen molar-refractivity contribution in [1.29, 1.82) is 0 Å². The Morgan fingerprint density at radius 1 is 0.773 bits per heavy atom. The molecule has 6 atom stereocenters. The fourth-order valence-corrected chi connectivity index (χ4v) is 7.44. The van der Waals surface area contributed by atoms with Gasteiger partial charge in [-0.1, -0.05) is 66.2 Å². The van der Waals surface area contributed by atoms with Gasteiger partial charge in [-0.25, -0.2) is 0 Å². The summed E-state index contributed by atoms with van der Waals surface area (Å²) >= 11 is 0. The first-order chi connectivity index (χ1) is 10.6. The van der Waals surface area contributed by atoms with Crippen LogP contribution in [0.2, 0.25) is 0 Å². The van der Waals surface area contributed by atoms with Crippen LogP contribution in [0.3, 0.4) is 0 Å². The highest BCUT2D eigenvalue weighted by molar-refractivity contribution is 4.99. The summed E-state index contributed by atoms with van der Waals surface area (Å²) in [5, 5.41) is 0. The van der Waals surface area contributed by atoms with Gasteiger partial charge in [0.2, 0.25) is 0 Å². The average Bonchev–Trinajstić information content (AvgIpc) is 3.04. The van der Waals surface area contributed by atoms with Gasteiger partial charge in [-0.2, -0.15) is 0 Å². The Morgan fingerprint density at radius 2 is 1.32 bits per heavy atom. The summed E-state index contributed by atoms with van der Waals surface area (Å²) in [6.45, 7) is 10.4. The van der Waals surface area contributed by atoms with E-state index in [4.69, 9.17) is 0 Å². The van der Waals surface area contributed by atoms with Crippen molar-refractivity contribution >= 4 is 0 Å². The van der Waals surface area contributed by atoms with Gasteiger partial charge in [-0.3, -0.25) is 0 Å². The average molecular weight is 305 g/mol. The van der Waals surface area contributed by atoms with Crippen molar-refractivity contribution in [3.63, 3.8) is 0 Å². The first-order valence-electron chi connectivity index (χ1n) is 10.6. The molecule has 3 saturated carbocycles. The fraction of sp³-hybridized carbons (Fsp3) is 1.00. The van der Waals surface area contributed by atoms with Crippen LogP contribution in [0.15, 0.2) is 0 Å². The van der Waals surface area contributed by atoms with Gasteiger partial charge in [-0.05, 0) is 73.0 Å². The molecule has 0 saturated heterocycles. The van der Waals surface area contributed by atoms with Crippen LogP contribution in [-0.4, -0.2) is 0 Å². The van der Waals surface area contributed by atoms with Gasteiger partial charge in [-0.15, -0.1) is 0 Å². The van der Waals surface area contributed by atoms with E-state index in [1.165, 1.54) is 57.8 Å². The molecular weight excluding hydrogens is 264 g/mol. The van der Waals surface area contributed by atoms with E-state index in [1.807, 2.05) is 0 Å². The van der Waals surface area contributed by atoms with Gasteiger partial charge in [0.05, 0.1) is 0 Å². The molecule has 3 rings (SSSR count). The first kappa shape index (κ1) is 16.8. The molecule has 3 aliphatic carbocycles. The van der Waals surface area contributed by atoms with E-state index in [1.54, 1.807) is 12.8 Å². The van der Waals surface area contributed by atoms with Crippen LogP contribution in [0.25, 0.3) is 0 Å². The smallest absolute Gasteiger partial charge is 0.0218 e. The van der Waals surface area contributed by atoms with Crippen molar-refractivity contribution in [2.45, 2.75) is 98.3 Å². The van der Waals surface area contributed by atoms with Gasteiger partial charge >= 0.3 is 0 Å². The molecule has 0 bridgehead atoms. The van der Waals surface area contributed by atoms with Crippen LogP contribution in [0.4, 0.5) is 0 Å². The predicted molar refractivity (Wildman–Crippen MR) is 96.9 cm³/mol. The van der Waals surface area contributed by atoms with Gasteiger partial charge < -0.3 is 0 Å². The predicted octanol–water partition coefficient (Wildman–Crippen LogP) is 7.08. The quantitative estimate of drug-likeness (QED) is 0.511. The molecule has 0 nitrogen and oxygen atoms in total. The molecule has 3 fully saturated rings. The zero-order chi connectivity index (χ0) is 15.7. The van der Waals surface area contributed by atoms with Crippen molar-refractivity contribution < 1.29 is 0 Å². The van der Waals surface area contributed by atoms with Crippen molar-refractivity contribution in [1.82, 2.24) is 0 Å². The van der Waals surface area contributed by atoms with Crippen molar-refractivity contribution in [3.8, 4) is 0 Å². The summed E-state index contributed by atoms with van der Waals surface area (Å²) in [7, 11) is 0. The molecule has 3 aliphatic rings. The van der Waals surface area contributed by atoms with Crippen LogP contribution in [0, 0.1) is 40.9 Å². The van der Waals surface area contributed by atoms with E-state index in [0.717, 1.165) is 35.5 Å². The minimum atomic E-state index is 0.651. The van der Waals surface area contributed by atoms with E-state index >= 15 is 0 Å². The highest BCUT2D eigenvalue weighted by Crippen LogP contribution is 2.58. The third-order valence-electron chi connectivity index (χ3n) is 8.74. The van der Waals surface area contributed by atoms with E-state index < -0.39 is 0 Å². The van der Waals surface area contributed by atoms with Crippen molar-refractivity contribution in [2.24, 2.45) is 40.9 Å². The molecule has 0 spiro atoms. The van der Waals surface area contributed by atoms with Crippen LogP contribution in [0.1, 0.15) is 98.3 Å². The summed E-state index contributed by atoms with van der Waals surface area (Å²) in [5.74, 6) is 5.97. The molecule has 0 heteroatoms. The van der Waals surface area contributed by atoms with Gasteiger partial charge in [0.25, 0.3) is 0 Å². The Hall–Kier alpha value is 0. The highest BCUT2D eigenvalue weighted by atomic mass is 14.5. The lowest BCUT2D eigenvalue weighted by Gasteiger charge is -2.54. The molecule has 0 heterocycles.